The zero-order chi connectivity index (χ0) is 13.7. The van der Waals surface area contributed by atoms with Crippen LogP contribution in [-0.4, -0.2) is 36.8 Å². The number of aliphatic hydroxyl groups is 1. The Bertz CT molecular complexity index is 386. The first-order valence-electron chi connectivity index (χ1n) is 7.23. The quantitative estimate of drug-likeness (QED) is 0.886. The maximum Gasteiger partial charge on any atom is 0.119 e. The highest BCUT2D eigenvalue weighted by atomic mass is 16.5. The third kappa shape index (κ3) is 4.22. The van der Waals surface area contributed by atoms with Crippen LogP contribution in [0.3, 0.4) is 0 Å². The Morgan fingerprint density at radius 3 is 2.79 bits per heavy atom. The number of piperidine rings is 1. The Balaban J connectivity index is 1.81. The molecular formula is C16H25NO2. The highest BCUT2D eigenvalue weighted by Gasteiger charge is 2.17. The molecule has 1 unspecified atom stereocenters. The van der Waals surface area contributed by atoms with E-state index in [1.807, 2.05) is 24.3 Å². The standard InChI is InChI=1S/C16H25NO2/c1-13-6-9-17(10-7-13)11-8-16(18)14-4-3-5-15(12-14)19-2/h3-5,12-13,16,18H,6-11H2,1-2H3. The van der Waals surface area contributed by atoms with E-state index in [2.05, 4.69) is 11.8 Å². The third-order valence-electron chi connectivity index (χ3n) is 4.07. The molecule has 1 N–H and O–H groups in total. The maximum absolute atomic E-state index is 10.2. The predicted octanol–water partition coefficient (Wildman–Crippen LogP) is 2.85. The van der Waals surface area contributed by atoms with Crippen molar-refractivity contribution in [3.8, 4) is 5.75 Å². The second kappa shape index (κ2) is 6.92. The number of ether oxygens (including phenoxy) is 1. The SMILES string of the molecule is COc1cccc(C(O)CCN2CCC(C)CC2)c1. The van der Waals surface area contributed by atoms with Crippen LogP contribution in [0.4, 0.5) is 0 Å². The van der Waals surface area contributed by atoms with Crippen molar-refractivity contribution < 1.29 is 9.84 Å². The molecule has 0 spiro atoms. The van der Waals surface area contributed by atoms with E-state index < -0.39 is 6.10 Å². The Kier molecular flexibility index (Phi) is 5.23. The van der Waals surface area contributed by atoms with Crippen molar-refractivity contribution in [1.29, 1.82) is 0 Å². The lowest BCUT2D eigenvalue weighted by atomic mass is 9.98. The van der Waals surface area contributed by atoms with Crippen molar-refractivity contribution >= 4 is 0 Å². The molecular weight excluding hydrogens is 238 g/mol. The van der Waals surface area contributed by atoms with Gasteiger partial charge in [-0.1, -0.05) is 19.1 Å². The molecule has 1 saturated heterocycles. The highest BCUT2D eigenvalue weighted by molar-refractivity contribution is 5.29. The van der Waals surface area contributed by atoms with Crippen molar-refractivity contribution in [3.05, 3.63) is 29.8 Å². The third-order valence-corrected chi connectivity index (χ3v) is 4.07. The topological polar surface area (TPSA) is 32.7 Å². The first-order valence-corrected chi connectivity index (χ1v) is 7.23. The van der Waals surface area contributed by atoms with E-state index in [9.17, 15) is 5.11 Å². The summed E-state index contributed by atoms with van der Waals surface area (Å²) in [5, 5.41) is 10.2. The summed E-state index contributed by atoms with van der Waals surface area (Å²) in [7, 11) is 1.65. The van der Waals surface area contributed by atoms with Crippen LogP contribution in [0.5, 0.6) is 5.75 Å². The van der Waals surface area contributed by atoms with E-state index in [1.165, 1.54) is 25.9 Å². The fourth-order valence-corrected chi connectivity index (χ4v) is 2.61. The number of nitrogens with zero attached hydrogens (tertiary/aromatic N) is 1. The average Bonchev–Trinajstić information content (AvgIpc) is 2.46. The first kappa shape index (κ1) is 14.4. The van der Waals surface area contributed by atoms with E-state index in [-0.39, 0.29) is 0 Å². The zero-order valence-corrected chi connectivity index (χ0v) is 12.0. The molecule has 0 bridgehead atoms. The lowest BCUT2D eigenvalue weighted by Crippen LogP contribution is -2.34. The van der Waals surface area contributed by atoms with E-state index in [1.54, 1.807) is 7.11 Å². The predicted molar refractivity (Wildman–Crippen MR) is 77.4 cm³/mol. The van der Waals surface area contributed by atoms with Crippen molar-refractivity contribution in [2.45, 2.75) is 32.3 Å². The summed E-state index contributed by atoms with van der Waals surface area (Å²) in [4.78, 5) is 2.46. The molecule has 1 atom stereocenters. The van der Waals surface area contributed by atoms with Gasteiger partial charge in [-0.15, -0.1) is 0 Å². The van der Waals surface area contributed by atoms with Crippen LogP contribution in [0.1, 0.15) is 37.9 Å². The molecule has 0 aromatic heterocycles. The summed E-state index contributed by atoms with van der Waals surface area (Å²) in [6.07, 6.45) is 2.97. The lowest BCUT2D eigenvalue weighted by molar-refractivity contribution is 0.125. The maximum atomic E-state index is 10.2. The van der Waals surface area contributed by atoms with Gasteiger partial charge in [0, 0.05) is 6.54 Å². The van der Waals surface area contributed by atoms with E-state index >= 15 is 0 Å². The number of likely N-dealkylation sites (tertiary alicyclic amines) is 1. The van der Waals surface area contributed by atoms with Gasteiger partial charge in [0.1, 0.15) is 5.75 Å². The van der Waals surface area contributed by atoms with Crippen LogP contribution < -0.4 is 4.74 Å². The van der Waals surface area contributed by atoms with Gasteiger partial charge in [0.2, 0.25) is 0 Å². The Morgan fingerprint density at radius 1 is 1.37 bits per heavy atom. The number of hydrogen-bond donors (Lipinski definition) is 1. The van der Waals surface area contributed by atoms with Gasteiger partial charge >= 0.3 is 0 Å². The van der Waals surface area contributed by atoms with Gasteiger partial charge in [-0.05, 0) is 56.0 Å². The molecule has 0 radical (unpaired) electrons. The normalized spacial score (nSPS) is 19.3. The Labute approximate surface area is 116 Å². The van der Waals surface area contributed by atoms with Crippen LogP contribution in [-0.2, 0) is 0 Å². The second-order valence-electron chi connectivity index (χ2n) is 5.61. The van der Waals surface area contributed by atoms with E-state index in [4.69, 9.17) is 4.74 Å². The Hall–Kier alpha value is -1.06. The number of methoxy groups -OCH3 is 1. The minimum atomic E-state index is -0.394. The fourth-order valence-electron chi connectivity index (χ4n) is 2.61. The largest absolute Gasteiger partial charge is 0.497 e. The summed E-state index contributed by atoms with van der Waals surface area (Å²) in [5.74, 6) is 1.67. The number of benzene rings is 1. The molecule has 1 fully saturated rings. The molecule has 1 aromatic rings. The number of aliphatic hydroxyl groups excluding tert-OH is 1. The van der Waals surface area contributed by atoms with Crippen molar-refractivity contribution in [1.82, 2.24) is 4.90 Å². The van der Waals surface area contributed by atoms with E-state index in [0.717, 1.165) is 30.2 Å². The minimum absolute atomic E-state index is 0.394. The molecule has 3 nitrogen and oxygen atoms in total. The van der Waals surface area contributed by atoms with Gasteiger partial charge < -0.3 is 14.7 Å². The molecule has 19 heavy (non-hydrogen) atoms. The summed E-state index contributed by atoms with van der Waals surface area (Å²) < 4.78 is 5.19. The molecule has 1 aliphatic heterocycles. The number of rotatable bonds is 5. The van der Waals surface area contributed by atoms with E-state index in [0.29, 0.717) is 0 Å². The molecule has 1 heterocycles. The fraction of sp³-hybridized carbons (Fsp3) is 0.625. The lowest BCUT2D eigenvalue weighted by Gasteiger charge is -2.30. The van der Waals surface area contributed by atoms with Gasteiger partial charge in [-0.2, -0.15) is 0 Å². The van der Waals surface area contributed by atoms with Crippen molar-refractivity contribution in [2.24, 2.45) is 5.92 Å². The monoisotopic (exact) mass is 263 g/mol. The van der Waals surface area contributed by atoms with Crippen molar-refractivity contribution in [2.75, 3.05) is 26.7 Å². The summed E-state index contributed by atoms with van der Waals surface area (Å²) in [6.45, 7) is 5.64. The average molecular weight is 263 g/mol. The zero-order valence-electron chi connectivity index (χ0n) is 12.0. The van der Waals surface area contributed by atoms with Gasteiger partial charge in [-0.3, -0.25) is 0 Å². The van der Waals surface area contributed by atoms with Crippen molar-refractivity contribution in [3.63, 3.8) is 0 Å². The molecule has 0 aliphatic carbocycles. The summed E-state index contributed by atoms with van der Waals surface area (Å²) in [6, 6.07) is 7.72. The molecule has 106 valence electrons. The smallest absolute Gasteiger partial charge is 0.119 e. The van der Waals surface area contributed by atoms with Gasteiger partial charge in [-0.25, -0.2) is 0 Å². The van der Waals surface area contributed by atoms with Crippen LogP contribution >= 0.6 is 0 Å². The summed E-state index contributed by atoms with van der Waals surface area (Å²) in [5.41, 5.74) is 0.949. The highest BCUT2D eigenvalue weighted by Crippen LogP contribution is 2.23. The minimum Gasteiger partial charge on any atom is -0.497 e. The molecule has 0 saturated carbocycles. The number of hydrogen-bond acceptors (Lipinski definition) is 3. The molecule has 0 amide bonds. The molecule has 3 heteroatoms. The molecule has 1 aliphatic rings. The van der Waals surface area contributed by atoms with Gasteiger partial charge in [0.05, 0.1) is 13.2 Å². The second-order valence-corrected chi connectivity index (χ2v) is 5.61. The van der Waals surface area contributed by atoms with Gasteiger partial charge in [0.25, 0.3) is 0 Å². The van der Waals surface area contributed by atoms with Gasteiger partial charge in [0.15, 0.2) is 0 Å². The molecule has 1 aromatic carbocycles. The van der Waals surface area contributed by atoms with Crippen LogP contribution in [0.2, 0.25) is 0 Å². The van der Waals surface area contributed by atoms with Crippen LogP contribution in [0.25, 0.3) is 0 Å². The summed E-state index contributed by atoms with van der Waals surface area (Å²) >= 11 is 0. The van der Waals surface area contributed by atoms with Crippen LogP contribution in [0, 0.1) is 5.92 Å². The molecule has 2 rings (SSSR count). The first-order chi connectivity index (χ1) is 9.19. The Morgan fingerprint density at radius 2 is 2.11 bits per heavy atom. The van der Waals surface area contributed by atoms with Crippen LogP contribution in [0.15, 0.2) is 24.3 Å².